The molecule has 40 heavy (non-hydrogen) atoms. The number of ether oxygens (including phenoxy) is 2. The van der Waals surface area contributed by atoms with Crippen molar-refractivity contribution >= 4 is 11.9 Å². The van der Waals surface area contributed by atoms with E-state index < -0.39 is 24.3 Å². The third-order valence-corrected chi connectivity index (χ3v) is 5.72. The van der Waals surface area contributed by atoms with Crippen LogP contribution < -0.4 is 4.74 Å². The summed E-state index contributed by atoms with van der Waals surface area (Å²) < 4.78 is 75.4. The van der Waals surface area contributed by atoms with Gasteiger partial charge in [-0.25, -0.2) is 14.6 Å². The normalized spacial score (nSPS) is 18.3. The number of carboxylic acid groups (broad SMARTS) is 2. The summed E-state index contributed by atoms with van der Waals surface area (Å²) >= 11 is 0. The third kappa shape index (κ3) is 11.3. The van der Waals surface area contributed by atoms with Crippen LogP contribution in [0.3, 0.4) is 0 Å². The number of hydrogen-bond acceptors (Lipinski definition) is 8. The van der Waals surface area contributed by atoms with Crippen LogP contribution in [-0.2, 0) is 20.9 Å². The van der Waals surface area contributed by atoms with E-state index >= 15 is 0 Å². The van der Waals surface area contributed by atoms with Gasteiger partial charge in [-0.1, -0.05) is 6.07 Å². The minimum Gasteiger partial charge on any atom is -0.477 e. The van der Waals surface area contributed by atoms with Gasteiger partial charge in [-0.15, -0.1) is 0 Å². The van der Waals surface area contributed by atoms with Crippen molar-refractivity contribution < 1.29 is 55.6 Å². The largest absolute Gasteiger partial charge is 0.490 e. The van der Waals surface area contributed by atoms with E-state index in [9.17, 15) is 26.3 Å². The number of alkyl halides is 6. The van der Waals surface area contributed by atoms with Crippen molar-refractivity contribution in [3.63, 3.8) is 0 Å². The Balaban J connectivity index is 0.000000333. The van der Waals surface area contributed by atoms with Gasteiger partial charge in [0.05, 0.1) is 29.8 Å². The first-order valence-corrected chi connectivity index (χ1v) is 11.9. The highest BCUT2D eigenvalue weighted by atomic mass is 19.4. The first-order chi connectivity index (χ1) is 18.6. The predicted octanol–water partition coefficient (Wildman–Crippen LogP) is 3.90. The average molecular weight is 582 g/mol. The van der Waals surface area contributed by atoms with Crippen LogP contribution in [0, 0.1) is 12.8 Å². The molecule has 10 nitrogen and oxygen atoms in total. The Morgan fingerprint density at radius 3 is 2.25 bits per heavy atom. The van der Waals surface area contributed by atoms with Crippen molar-refractivity contribution in [2.24, 2.45) is 5.92 Å². The zero-order valence-corrected chi connectivity index (χ0v) is 21.3. The fourth-order valence-electron chi connectivity index (χ4n) is 4.04. The quantitative estimate of drug-likeness (QED) is 0.483. The molecule has 2 aliphatic heterocycles. The minimum atomic E-state index is -5.08. The summed E-state index contributed by atoms with van der Waals surface area (Å²) in [7, 11) is 0. The summed E-state index contributed by atoms with van der Waals surface area (Å²) in [4.78, 5) is 33.1. The molecule has 2 aromatic rings. The van der Waals surface area contributed by atoms with Gasteiger partial charge < -0.3 is 19.7 Å². The van der Waals surface area contributed by atoms with Crippen LogP contribution in [0.5, 0.6) is 5.88 Å². The molecule has 2 fully saturated rings. The maximum absolute atomic E-state index is 10.6. The number of nitrogens with zero attached hydrogens (tertiary/aromatic N) is 4. The maximum Gasteiger partial charge on any atom is 0.490 e. The molecule has 0 aliphatic carbocycles. The molecule has 1 atom stereocenters. The Kier molecular flexibility index (Phi) is 11.6. The topological polar surface area (TPSA) is 135 Å². The molecular formula is C24H28F6N4O6. The van der Waals surface area contributed by atoms with Crippen molar-refractivity contribution in [3.8, 4) is 5.88 Å². The molecule has 0 radical (unpaired) electrons. The fourth-order valence-corrected chi connectivity index (χ4v) is 4.04. The van der Waals surface area contributed by atoms with Crippen molar-refractivity contribution in [2.45, 2.75) is 50.7 Å². The number of rotatable bonds is 6. The number of aromatic nitrogens is 3. The number of hydrogen-bond donors (Lipinski definition) is 2. The van der Waals surface area contributed by atoms with Crippen LogP contribution in [0.2, 0.25) is 0 Å². The lowest BCUT2D eigenvalue weighted by Crippen LogP contribution is -2.64. The van der Waals surface area contributed by atoms with E-state index in [1.54, 1.807) is 12.4 Å². The van der Waals surface area contributed by atoms with Gasteiger partial charge in [0.2, 0.25) is 5.88 Å². The molecule has 2 aromatic heterocycles. The molecule has 4 heterocycles. The van der Waals surface area contributed by atoms with Gasteiger partial charge >= 0.3 is 24.3 Å². The van der Waals surface area contributed by atoms with Crippen molar-refractivity contribution in [3.05, 3.63) is 48.2 Å². The summed E-state index contributed by atoms with van der Waals surface area (Å²) in [6.45, 7) is 6.39. The Bertz CT molecular complexity index is 1070. The van der Waals surface area contributed by atoms with E-state index in [-0.39, 0.29) is 5.60 Å². The van der Waals surface area contributed by atoms with E-state index in [2.05, 4.69) is 25.9 Å². The number of carboxylic acids is 2. The molecule has 0 bridgehead atoms. The zero-order valence-electron chi connectivity index (χ0n) is 21.3. The molecule has 4 rings (SSSR count). The van der Waals surface area contributed by atoms with Crippen molar-refractivity contribution in [1.82, 2.24) is 19.9 Å². The zero-order chi connectivity index (χ0) is 30.0. The third-order valence-electron chi connectivity index (χ3n) is 5.72. The van der Waals surface area contributed by atoms with Gasteiger partial charge in [-0.3, -0.25) is 14.9 Å². The highest BCUT2D eigenvalue weighted by Gasteiger charge is 2.47. The van der Waals surface area contributed by atoms with Crippen LogP contribution in [0.1, 0.15) is 30.7 Å². The van der Waals surface area contributed by atoms with E-state index in [1.807, 2.05) is 25.3 Å². The summed E-state index contributed by atoms with van der Waals surface area (Å²) in [5.41, 5.74) is 2.05. The Hall–Kier alpha value is -3.53. The van der Waals surface area contributed by atoms with E-state index in [1.165, 1.54) is 0 Å². The van der Waals surface area contributed by atoms with E-state index in [0.717, 1.165) is 56.9 Å². The van der Waals surface area contributed by atoms with Crippen molar-refractivity contribution in [2.75, 3.05) is 26.3 Å². The maximum atomic E-state index is 10.6. The Morgan fingerprint density at radius 1 is 1.10 bits per heavy atom. The first-order valence-electron chi connectivity index (χ1n) is 11.9. The van der Waals surface area contributed by atoms with E-state index in [0.29, 0.717) is 18.4 Å². The standard InChI is InChI=1S/C20H26N4O2.2C2HF3O2/c1-16-11-21-12-19(23-16)25-8-5-17-6-9-26-20(10-17)14-24(15-20)13-18-4-2-3-7-22-18;2*3-2(4,5)1(6)7/h2-4,7,11-12,17H,5-6,8-10,13-15H2,1H3;2*(H,6,7). The number of halogens is 6. The Labute approximate surface area is 225 Å². The van der Waals surface area contributed by atoms with E-state index in [4.69, 9.17) is 29.3 Å². The Morgan fingerprint density at radius 2 is 1.73 bits per heavy atom. The highest BCUT2D eigenvalue weighted by Crippen LogP contribution is 2.38. The molecule has 1 unspecified atom stereocenters. The summed E-state index contributed by atoms with van der Waals surface area (Å²) in [6.07, 6.45) is -1.61. The molecule has 2 N–H and O–H groups in total. The second kappa shape index (κ2) is 14.2. The lowest BCUT2D eigenvalue weighted by atomic mass is 9.79. The van der Waals surface area contributed by atoms with Gasteiger partial charge in [0, 0.05) is 38.6 Å². The van der Waals surface area contributed by atoms with Gasteiger partial charge in [0.15, 0.2) is 0 Å². The predicted molar refractivity (Wildman–Crippen MR) is 125 cm³/mol. The summed E-state index contributed by atoms with van der Waals surface area (Å²) in [5, 5.41) is 14.2. The molecule has 0 aromatic carbocycles. The molecule has 222 valence electrons. The summed E-state index contributed by atoms with van der Waals surface area (Å²) in [6, 6.07) is 6.09. The molecule has 16 heteroatoms. The lowest BCUT2D eigenvalue weighted by molar-refractivity contribution is -0.193. The van der Waals surface area contributed by atoms with Gasteiger partial charge in [0.25, 0.3) is 0 Å². The second-order valence-electron chi connectivity index (χ2n) is 9.10. The van der Waals surface area contributed by atoms with Crippen LogP contribution in [-0.4, -0.2) is 86.3 Å². The number of likely N-dealkylation sites (tertiary alicyclic amines) is 1. The van der Waals surface area contributed by atoms with Gasteiger partial charge in [0.1, 0.15) is 0 Å². The second-order valence-corrected chi connectivity index (χ2v) is 9.10. The van der Waals surface area contributed by atoms with Crippen LogP contribution in [0.25, 0.3) is 0 Å². The molecule has 1 spiro atoms. The average Bonchev–Trinajstić information content (AvgIpc) is 2.84. The lowest BCUT2D eigenvalue weighted by Gasteiger charge is -2.53. The molecule has 2 saturated heterocycles. The first kappa shape index (κ1) is 32.7. The van der Waals surface area contributed by atoms with Gasteiger partial charge in [-0.2, -0.15) is 26.3 Å². The molecule has 0 amide bonds. The fraction of sp³-hybridized carbons (Fsp3) is 0.542. The van der Waals surface area contributed by atoms with Crippen molar-refractivity contribution in [1.29, 1.82) is 0 Å². The van der Waals surface area contributed by atoms with Crippen LogP contribution >= 0.6 is 0 Å². The smallest absolute Gasteiger partial charge is 0.477 e. The minimum absolute atomic E-state index is 0.0425. The molecule has 2 aliphatic rings. The molecule has 0 saturated carbocycles. The molecular weight excluding hydrogens is 554 g/mol. The van der Waals surface area contributed by atoms with Crippen LogP contribution in [0.15, 0.2) is 36.8 Å². The SMILES string of the molecule is Cc1cncc(OCCC2CCOC3(C2)CN(Cc2ccccn2)C3)n1.O=C(O)C(F)(F)F.O=C(O)C(F)(F)F. The van der Waals surface area contributed by atoms with Gasteiger partial charge in [-0.05, 0) is 44.2 Å². The highest BCUT2D eigenvalue weighted by molar-refractivity contribution is 5.73. The number of aliphatic carboxylic acids is 2. The monoisotopic (exact) mass is 582 g/mol. The summed E-state index contributed by atoms with van der Waals surface area (Å²) in [5.74, 6) is -4.24. The number of carbonyl (C=O) groups is 2. The number of pyridine rings is 1. The number of aryl methyl sites for hydroxylation is 1. The van der Waals surface area contributed by atoms with Crippen LogP contribution in [0.4, 0.5) is 26.3 Å².